The van der Waals surface area contributed by atoms with Crippen molar-refractivity contribution in [1.29, 1.82) is 0 Å². The number of rotatable bonds is 1. The first kappa shape index (κ1) is 10.8. The summed E-state index contributed by atoms with van der Waals surface area (Å²) in [5.74, 6) is 0. The third kappa shape index (κ3) is 2.71. The molecule has 11 heavy (non-hydrogen) atoms. The Morgan fingerprint density at radius 2 is 1.82 bits per heavy atom. The van der Waals surface area contributed by atoms with Crippen molar-refractivity contribution in [3.8, 4) is 0 Å². The molecule has 0 bridgehead atoms. The van der Waals surface area contributed by atoms with Crippen LogP contribution in [0.1, 0.15) is 24.2 Å². The summed E-state index contributed by atoms with van der Waals surface area (Å²) >= 11 is 0. The molecule has 54 valence electrons. The smallest absolute Gasteiger partial charge is 0.849 e. The van der Waals surface area contributed by atoms with Gasteiger partial charge < -0.3 is 5.11 Å². The van der Waals surface area contributed by atoms with E-state index in [-0.39, 0.29) is 18.9 Å². The first-order chi connectivity index (χ1) is 4.72. The molecule has 1 rings (SSSR count). The Kier molecular flexibility index (Phi) is 4.52. The largest absolute Gasteiger partial charge is 1.00 e. The van der Waals surface area contributed by atoms with Gasteiger partial charge in [0.15, 0.2) is 0 Å². The van der Waals surface area contributed by atoms with E-state index < -0.39 is 6.10 Å². The zero-order valence-electron chi connectivity index (χ0n) is 7.29. The van der Waals surface area contributed by atoms with Crippen LogP contribution >= 0.6 is 0 Å². The van der Waals surface area contributed by atoms with Crippen LogP contribution in [0.15, 0.2) is 24.3 Å². The molecule has 0 spiro atoms. The SMILES string of the molecule is Cc1ccccc1[C@@H](C)[O-].[Li+]. The Bertz CT molecular complexity index is 221. The minimum absolute atomic E-state index is 0. The fourth-order valence-corrected chi connectivity index (χ4v) is 1.04. The summed E-state index contributed by atoms with van der Waals surface area (Å²) in [7, 11) is 0. The van der Waals surface area contributed by atoms with Crippen LogP contribution in [0, 0.1) is 6.92 Å². The van der Waals surface area contributed by atoms with Crippen molar-refractivity contribution in [3.05, 3.63) is 35.4 Å². The van der Waals surface area contributed by atoms with Gasteiger partial charge in [0.1, 0.15) is 0 Å². The number of benzene rings is 1. The monoisotopic (exact) mass is 142 g/mol. The van der Waals surface area contributed by atoms with Gasteiger partial charge in [0.25, 0.3) is 0 Å². The number of aryl methyl sites for hydroxylation is 1. The molecular weight excluding hydrogens is 131 g/mol. The van der Waals surface area contributed by atoms with Crippen LogP contribution in [-0.2, 0) is 0 Å². The third-order valence-corrected chi connectivity index (χ3v) is 1.63. The Hall–Kier alpha value is -0.223. The van der Waals surface area contributed by atoms with Crippen LogP contribution in [0.25, 0.3) is 0 Å². The minimum Gasteiger partial charge on any atom is -0.849 e. The molecule has 1 atom stereocenters. The van der Waals surface area contributed by atoms with E-state index in [1.54, 1.807) is 6.92 Å². The second-order valence-corrected chi connectivity index (χ2v) is 2.50. The first-order valence-electron chi connectivity index (χ1n) is 3.43. The van der Waals surface area contributed by atoms with Gasteiger partial charge in [-0.15, -0.1) is 6.10 Å². The number of hydrogen-bond donors (Lipinski definition) is 0. The van der Waals surface area contributed by atoms with E-state index in [4.69, 9.17) is 0 Å². The maximum atomic E-state index is 10.9. The topological polar surface area (TPSA) is 23.1 Å². The van der Waals surface area contributed by atoms with Crippen molar-refractivity contribution in [2.45, 2.75) is 20.0 Å². The van der Waals surface area contributed by atoms with Gasteiger partial charge in [0, 0.05) is 0 Å². The van der Waals surface area contributed by atoms with E-state index >= 15 is 0 Å². The minimum atomic E-state index is -0.596. The van der Waals surface area contributed by atoms with E-state index in [0.29, 0.717) is 0 Å². The van der Waals surface area contributed by atoms with E-state index in [2.05, 4.69) is 0 Å². The van der Waals surface area contributed by atoms with Gasteiger partial charge in [-0.05, 0) is 12.5 Å². The molecule has 0 saturated heterocycles. The van der Waals surface area contributed by atoms with E-state index in [0.717, 1.165) is 11.1 Å². The molecule has 1 aromatic rings. The molecule has 2 heteroatoms. The normalized spacial score (nSPS) is 11.9. The Morgan fingerprint density at radius 3 is 2.18 bits per heavy atom. The quantitative estimate of drug-likeness (QED) is 0.434. The van der Waals surface area contributed by atoms with Crippen molar-refractivity contribution in [2.75, 3.05) is 0 Å². The van der Waals surface area contributed by atoms with Gasteiger partial charge in [0.05, 0.1) is 0 Å². The molecule has 0 fully saturated rings. The molecule has 1 aromatic carbocycles. The fraction of sp³-hybridized carbons (Fsp3) is 0.333. The molecule has 0 aliphatic rings. The average molecular weight is 142 g/mol. The van der Waals surface area contributed by atoms with Gasteiger partial charge in [-0.2, -0.15) is 0 Å². The molecule has 0 amide bonds. The fourth-order valence-electron chi connectivity index (χ4n) is 1.04. The Balaban J connectivity index is 0.000001000. The second kappa shape index (κ2) is 4.61. The molecular formula is C9H11LiO. The van der Waals surface area contributed by atoms with Crippen molar-refractivity contribution in [3.63, 3.8) is 0 Å². The Labute approximate surface area is 79.6 Å². The van der Waals surface area contributed by atoms with Crippen LogP contribution < -0.4 is 24.0 Å². The molecule has 0 saturated carbocycles. The Morgan fingerprint density at radius 1 is 1.27 bits per heavy atom. The van der Waals surface area contributed by atoms with Crippen LogP contribution in [0.4, 0.5) is 0 Å². The molecule has 0 aromatic heterocycles. The summed E-state index contributed by atoms with van der Waals surface area (Å²) in [6.07, 6.45) is -0.596. The summed E-state index contributed by atoms with van der Waals surface area (Å²) in [5.41, 5.74) is 1.99. The van der Waals surface area contributed by atoms with E-state index in [1.165, 1.54) is 0 Å². The molecule has 0 N–H and O–H groups in total. The van der Waals surface area contributed by atoms with Crippen LogP contribution in [0.5, 0.6) is 0 Å². The van der Waals surface area contributed by atoms with Crippen molar-refractivity contribution in [1.82, 2.24) is 0 Å². The zero-order valence-corrected chi connectivity index (χ0v) is 7.29. The van der Waals surface area contributed by atoms with Gasteiger partial charge in [-0.3, -0.25) is 0 Å². The van der Waals surface area contributed by atoms with Gasteiger partial charge >= 0.3 is 18.9 Å². The maximum absolute atomic E-state index is 10.9. The molecule has 0 heterocycles. The maximum Gasteiger partial charge on any atom is 1.00 e. The molecule has 1 nitrogen and oxygen atoms in total. The average Bonchev–Trinajstić information content (AvgIpc) is 1.88. The predicted molar refractivity (Wildman–Crippen MR) is 39.6 cm³/mol. The van der Waals surface area contributed by atoms with Crippen molar-refractivity contribution < 1.29 is 24.0 Å². The van der Waals surface area contributed by atoms with Crippen molar-refractivity contribution >= 4 is 0 Å². The standard InChI is InChI=1S/C9H11O.Li/c1-7-5-3-4-6-9(7)8(2)10;/h3-6,8H,1-2H3;/q-1;+1/t8-;/m1./s1. The summed E-state index contributed by atoms with van der Waals surface area (Å²) in [5, 5.41) is 10.9. The zero-order chi connectivity index (χ0) is 7.56. The molecule has 0 aliphatic carbocycles. The van der Waals surface area contributed by atoms with Crippen LogP contribution in [0.2, 0.25) is 0 Å². The molecule has 0 unspecified atom stereocenters. The summed E-state index contributed by atoms with van der Waals surface area (Å²) in [6, 6.07) is 7.69. The summed E-state index contributed by atoms with van der Waals surface area (Å²) in [4.78, 5) is 0. The van der Waals surface area contributed by atoms with Gasteiger partial charge in [0.2, 0.25) is 0 Å². The van der Waals surface area contributed by atoms with Gasteiger partial charge in [-0.25, -0.2) is 0 Å². The summed E-state index contributed by atoms with van der Waals surface area (Å²) in [6.45, 7) is 3.63. The van der Waals surface area contributed by atoms with Crippen molar-refractivity contribution in [2.24, 2.45) is 0 Å². The first-order valence-corrected chi connectivity index (χ1v) is 3.43. The van der Waals surface area contributed by atoms with Crippen LogP contribution in [0.3, 0.4) is 0 Å². The summed E-state index contributed by atoms with van der Waals surface area (Å²) < 4.78 is 0. The van der Waals surface area contributed by atoms with Gasteiger partial charge in [-0.1, -0.05) is 36.8 Å². The predicted octanol–water partition coefficient (Wildman–Crippen LogP) is -1.58. The molecule has 0 aliphatic heterocycles. The van der Waals surface area contributed by atoms with Crippen LogP contribution in [-0.4, -0.2) is 0 Å². The van der Waals surface area contributed by atoms with E-state index in [9.17, 15) is 5.11 Å². The number of hydrogen-bond acceptors (Lipinski definition) is 1. The van der Waals surface area contributed by atoms with E-state index in [1.807, 2.05) is 31.2 Å². The third-order valence-electron chi connectivity index (χ3n) is 1.63. The molecule has 0 radical (unpaired) electrons. The second-order valence-electron chi connectivity index (χ2n) is 2.50.